The van der Waals surface area contributed by atoms with Crippen LogP contribution in [-0.2, 0) is 11.2 Å². The fourth-order valence-corrected chi connectivity index (χ4v) is 2.73. The van der Waals surface area contributed by atoms with E-state index >= 15 is 0 Å². The molecule has 17 heavy (non-hydrogen) atoms. The first-order valence-electron chi connectivity index (χ1n) is 6.65. The number of nitrogens with zero attached hydrogens (tertiary/aromatic N) is 1. The lowest BCUT2D eigenvalue weighted by Gasteiger charge is -2.19. The van der Waals surface area contributed by atoms with E-state index in [1.807, 2.05) is 6.20 Å². The van der Waals surface area contributed by atoms with E-state index in [1.54, 1.807) is 0 Å². The van der Waals surface area contributed by atoms with E-state index < -0.39 is 0 Å². The Hall–Kier alpha value is -0.870. The molecule has 3 rings (SSSR count). The highest BCUT2D eigenvalue weighted by Gasteiger charge is 2.22. The summed E-state index contributed by atoms with van der Waals surface area (Å²) in [6.07, 6.45) is 6.29. The molecule has 1 aromatic heterocycles. The zero-order valence-corrected chi connectivity index (χ0v) is 10.2. The van der Waals surface area contributed by atoms with Crippen LogP contribution in [0.3, 0.4) is 0 Å². The van der Waals surface area contributed by atoms with Gasteiger partial charge in [-0.2, -0.15) is 0 Å². The number of rotatable bonds is 3. The number of nitrogens with one attached hydrogen (secondary N) is 1. The van der Waals surface area contributed by atoms with Crippen LogP contribution in [0.5, 0.6) is 0 Å². The molecule has 0 bridgehead atoms. The van der Waals surface area contributed by atoms with Gasteiger partial charge in [-0.15, -0.1) is 0 Å². The molecule has 4 nitrogen and oxygen atoms in total. The van der Waals surface area contributed by atoms with Gasteiger partial charge in [-0.1, -0.05) is 0 Å². The summed E-state index contributed by atoms with van der Waals surface area (Å²) in [5.41, 5.74) is 0. The molecular weight excluding hydrogens is 216 g/mol. The second-order valence-corrected chi connectivity index (χ2v) is 5.11. The Labute approximate surface area is 102 Å². The van der Waals surface area contributed by atoms with Crippen LogP contribution in [0.1, 0.15) is 36.8 Å². The lowest BCUT2D eigenvalue weighted by atomic mass is 9.98. The van der Waals surface area contributed by atoms with Gasteiger partial charge in [-0.25, -0.2) is 4.98 Å². The first kappa shape index (κ1) is 11.2. The highest BCUT2D eigenvalue weighted by Crippen LogP contribution is 2.28. The van der Waals surface area contributed by atoms with Crippen molar-refractivity contribution in [3.05, 3.63) is 17.8 Å². The minimum Gasteiger partial charge on any atom is -0.445 e. The van der Waals surface area contributed by atoms with E-state index in [-0.39, 0.29) is 0 Å². The number of hydrogen-bond donors (Lipinski definition) is 1. The molecular formula is C13H20N2O2. The third kappa shape index (κ3) is 2.69. The van der Waals surface area contributed by atoms with Crippen molar-refractivity contribution in [2.75, 3.05) is 26.3 Å². The number of hydrogen-bond acceptors (Lipinski definition) is 4. The van der Waals surface area contributed by atoms with Crippen LogP contribution in [0, 0.1) is 5.92 Å². The minimum absolute atomic E-state index is 0.520. The largest absolute Gasteiger partial charge is 0.445 e. The van der Waals surface area contributed by atoms with Crippen molar-refractivity contribution in [2.24, 2.45) is 5.92 Å². The van der Waals surface area contributed by atoms with Gasteiger partial charge in [-0.3, -0.25) is 0 Å². The first-order valence-corrected chi connectivity index (χ1v) is 6.65. The zero-order chi connectivity index (χ0) is 11.5. The molecule has 4 heteroatoms. The summed E-state index contributed by atoms with van der Waals surface area (Å²) in [5.74, 6) is 3.21. The Morgan fingerprint density at radius 2 is 2.18 bits per heavy atom. The van der Waals surface area contributed by atoms with E-state index in [4.69, 9.17) is 9.15 Å². The normalized spacial score (nSPS) is 26.5. The van der Waals surface area contributed by atoms with Gasteiger partial charge in [0, 0.05) is 25.6 Å². The lowest BCUT2D eigenvalue weighted by Crippen LogP contribution is -2.13. The van der Waals surface area contributed by atoms with Crippen LogP contribution in [0.15, 0.2) is 10.6 Å². The summed E-state index contributed by atoms with van der Waals surface area (Å²) in [6.45, 7) is 3.95. The van der Waals surface area contributed by atoms with Gasteiger partial charge >= 0.3 is 0 Å². The standard InChI is InChI=1S/C13H20N2O2/c1-4-14-8-10(1)7-13-15-9-12(17-13)11-2-5-16-6-3-11/h9-11,14H,1-8H2. The second kappa shape index (κ2) is 5.19. The summed E-state index contributed by atoms with van der Waals surface area (Å²) in [6, 6.07) is 0. The molecule has 0 saturated carbocycles. The summed E-state index contributed by atoms with van der Waals surface area (Å²) < 4.78 is 11.3. The van der Waals surface area contributed by atoms with Crippen LogP contribution in [-0.4, -0.2) is 31.3 Å². The lowest BCUT2D eigenvalue weighted by molar-refractivity contribution is 0.0803. The summed E-state index contributed by atoms with van der Waals surface area (Å²) in [7, 11) is 0. The van der Waals surface area contributed by atoms with E-state index in [2.05, 4.69) is 10.3 Å². The van der Waals surface area contributed by atoms with Crippen molar-refractivity contribution in [3.63, 3.8) is 0 Å². The number of oxazole rings is 1. The van der Waals surface area contributed by atoms with Crippen LogP contribution < -0.4 is 5.32 Å². The average molecular weight is 236 g/mol. The van der Waals surface area contributed by atoms with Crippen LogP contribution >= 0.6 is 0 Å². The third-order valence-electron chi connectivity index (χ3n) is 3.82. The summed E-state index contributed by atoms with van der Waals surface area (Å²) in [5, 5.41) is 3.38. The van der Waals surface area contributed by atoms with Crippen molar-refractivity contribution in [1.82, 2.24) is 10.3 Å². The van der Waals surface area contributed by atoms with E-state index in [9.17, 15) is 0 Å². The fraction of sp³-hybridized carbons (Fsp3) is 0.769. The Balaban J connectivity index is 1.60. The maximum absolute atomic E-state index is 5.89. The highest BCUT2D eigenvalue weighted by molar-refractivity contribution is 5.03. The average Bonchev–Trinajstić information content (AvgIpc) is 3.02. The zero-order valence-electron chi connectivity index (χ0n) is 10.2. The maximum Gasteiger partial charge on any atom is 0.194 e. The van der Waals surface area contributed by atoms with Crippen molar-refractivity contribution < 1.29 is 9.15 Å². The highest BCUT2D eigenvalue weighted by atomic mass is 16.5. The molecule has 0 spiro atoms. The molecule has 2 aliphatic heterocycles. The Kier molecular flexibility index (Phi) is 3.43. The van der Waals surface area contributed by atoms with E-state index in [0.717, 1.165) is 57.2 Å². The molecule has 1 N–H and O–H groups in total. The Morgan fingerprint density at radius 1 is 1.29 bits per heavy atom. The molecule has 0 radical (unpaired) electrons. The summed E-state index contributed by atoms with van der Waals surface area (Å²) >= 11 is 0. The van der Waals surface area contributed by atoms with Crippen LogP contribution in [0.2, 0.25) is 0 Å². The molecule has 0 aromatic carbocycles. The first-order chi connectivity index (χ1) is 8.42. The quantitative estimate of drug-likeness (QED) is 0.868. The van der Waals surface area contributed by atoms with E-state index in [0.29, 0.717) is 11.8 Å². The smallest absolute Gasteiger partial charge is 0.194 e. The predicted octanol–water partition coefficient (Wildman–Crippen LogP) is 1.72. The molecule has 2 aliphatic rings. The van der Waals surface area contributed by atoms with Crippen molar-refractivity contribution in [3.8, 4) is 0 Å². The maximum atomic E-state index is 5.89. The van der Waals surface area contributed by atoms with Gasteiger partial charge in [0.2, 0.25) is 0 Å². The topological polar surface area (TPSA) is 47.3 Å². The second-order valence-electron chi connectivity index (χ2n) is 5.11. The van der Waals surface area contributed by atoms with E-state index in [1.165, 1.54) is 6.42 Å². The molecule has 1 unspecified atom stereocenters. The third-order valence-corrected chi connectivity index (χ3v) is 3.82. The van der Waals surface area contributed by atoms with Crippen LogP contribution in [0.25, 0.3) is 0 Å². The molecule has 2 saturated heterocycles. The molecule has 0 amide bonds. The van der Waals surface area contributed by atoms with Crippen LogP contribution in [0.4, 0.5) is 0 Å². The molecule has 1 aromatic rings. The molecule has 2 fully saturated rings. The molecule has 3 heterocycles. The van der Waals surface area contributed by atoms with Gasteiger partial charge in [0.15, 0.2) is 5.89 Å². The van der Waals surface area contributed by atoms with Crippen molar-refractivity contribution in [1.29, 1.82) is 0 Å². The predicted molar refractivity (Wildman–Crippen MR) is 64.0 cm³/mol. The SMILES string of the molecule is c1nc(CC2CCNC2)oc1C1CCOCC1. The minimum atomic E-state index is 0.520. The molecule has 1 atom stereocenters. The van der Waals surface area contributed by atoms with Crippen molar-refractivity contribution in [2.45, 2.75) is 31.6 Å². The van der Waals surface area contributed by atoms with Gasteiger partial charge in [0.05, 0.1) is 6.20 Å². The fourth-order valence-electron chi connectivity index (χ4n) is 2.73. The molecule has 0 aliphatic carbocycles. The monoisotopic (exact) mass is 236 g/mol. The van der Waals surface area contributed by atoms with Gasteiger partial charge in [0.1, 0.15) is 5.76 Å². The van der Waals surface area contributed by atoms with Crippen molar-refractivity contribution >= 4 is 0 Å². The van der Waals surface area contributed by atoms with Gasteiger partial charge in [0.25, 0.3) is 0 Å². The Bertz CT molecular complexity index is 352. The van der Waals surface area contributed by atoms with Gasteiger partial charge in [-0.05, 0) is 38.3 Å². The summed E-state index contributed by atoms with van der Waals surface area (Å²) in [4.78, 5) is 4.42. The number of ether oxygens (including phenoxy) is 1. The number of aromatic nitrogens is 1. The molecule has 94 valence electrons. The Morgan fingerprint density at radius 3 is 2.94 bits per heavy atom. The van der Waals surface area contributed by atoms with Gasteiger partial charge < -0.3 is 14.5 Å².